The summed E-state index contributed by atoms with van der Waals surface area (Å²) in [7, 11) is 0. The van der Waals surface area contributed by atoms with Crippen LogP contribution in [0.1, 0.15) is 0 Å². The van der Waals surface area contributed by atoms with Crippen LogP contribution in [0.4, 0.5) is 0 Å². The third-order valence-corrected chi connectivity index (χ3v) is 10.8. The van der Waals surface area contributed by atoms with Crippen molar-refractivity contribution in [2.75, 3.05) is 0 Å². The van der Waals surface area contributed by atoms with E-state index in [1.54, 1.807) is 8.80 Å². The Morgan fingerprint density at radius 2 is 0.761 bits per heavy atom. The average molecular weight is 585 g/mol. The number of fused-ring (bicyclic) bond motifs is 8. The summed E-state index contributed by atoms with van der Waals surface area (Å²) in [5, 5.41) is 16.3. The van der Waals surface area contributed by atoms with E-state index in [1.807, 2.05) is 48.5 Å². The highest BCUT2D eigenvalue weighted by atomic mass is 16.1. The fraction of sp³-hybridized carbons (Fsp3) is 0. The Labute approximate surface area is 255 Å². The van der Waals surface area contributed by atoms with Crippen LogP contribution in [0.2, 0.25) is 0 Å². The van der Waals surface area contributed by atoms with Crippen LogP contribution in [0.5, 0.6) is 0 Å². The van der Waals surface area contributed by atoms with E-state index in [9.17, 15) is 9.59 Å². The van der Waals surface area contributed by atoms with Gasteiger partial charge in [-0.15, -0.1) is 0 Å². The maximum Gasteiger partial charge on any atom is 0.264 e. The Kier molecular flexibility index (Phi) is 3.27. The van der Waals surface area contributed by atoms with Gasteiger partial charge in [-0.1, -0.05) is 48.5 Å². The van der Waals surface area contributed by atoms with E-state index in [1.165, 1.54) is 0 Å². The predicted octanol–water partition coefficient (Wildman–Crippen LogP) is 8.42. The van der Waals surface area contributed by atoms with Crippen LogP contribution in [-0.2, 0) is 0 Å². The summed E-state index contributed by atoms with van der Waals surface area (Å²) in [5.74, 6) is 0. The second kappa shape index (κ2) is 6.80. The van der Waals surface area contributed by atoms with Crippen molar-refractivity contribution in [3.63, 3.8) is 0 Å². The molecule has 0 saturated carbocycles. The molecule has 4 aromatic heterocycles. The van der Waals surface area contributed by atoms with Gasteiger partial charge in [-0.05, 0) is 91.6 Å². The molecular weight excluding hydrogens is 568 g/mol. The minimum atomic E-state index is -0.0507. The van der Waals surface area contributed by atoms with Crippen molar-refractivity contribution in [3.05, 3.63) is 118 Å². The Hall–Kier alpha value is -6.40. The maximum atomic E-state index is 14.4. The number of para-hydroxylation sites is 4. The second-order valence-electron chi connectivity index (χ2n) is 12.8. The molecule has 0 radical (unpaired) electrons. The van der Waals surface area contributed by atoms with E-state index < -0.39 is 0 Å². The zero-order valence-electron chi connectivity index (χ0n) is 23.8. The lowest BCUT2D eigenvalue weighted by Gasteiger charge is -2.23. The molecule has 0 amide bonds. The number of pyridine rings is 2. The van der Waals surface area contributed by atoms with Gasteiger partial charge in [-0.3, -0.25) is 18.4 Å². The summed E-state index contributed by atoms with van der Waals surface area (Å²) >= 11 is 0. The maximum absolute atomic E-state index is 14.4. The van der Waals surface area contributed by atoms with Gasteiger partial charge in [0.15, 0.2) is 0 Å². The summed E-state index contributed by atoms with van der Waals surface area (Å²) in [6.07, 6.45) is 0. The lowest BCUT2D eigenvalue weighted by atomic mass is 9.80. The van der Waals surface area contributed by atoms with Gasteiger partial charge in [-0.25, -0.2) is 9.97 Å². The highest BCUT2D eigenvalue weighted by Gasteiger charge is 2.28. The van der Waals surface area contributed by atoms with Crippen molar-refractivity contribution < 1.29 is 0 Å². The van der Waals surface area contributed by atoms with Gasteiger partial charge in [0, 0.05) is 43.1 Å². The number of imidazole rings is 2. The molecule has 0 saturated heterocycles. The molecule has 9 aromatic carbocycles. The van der Waals surface area contributed by atoms with Gasteiger partial charge < -0.3 is 0 Å². The minimum absolute atomic E-state index is 0.0507. The molecule has 6 nitrogen and oxygen atoms in total. The number of hydrogen-bond donors (Lipinski definition) is 0. The van der Waals surface area contributed by atoms with Crippen LogP contribution in [0.15, 0.2) is 107 Å². The number of rotatable bonds is 0. The number of hydrogen-bond acceptors (Lipinski definition) is 4. The molecule has 13 aromatic rings. The fourth-order valence-electron chi connectivity index (χ4n) is 9.07. The Morgan fingerprint density at radius 1 is 0.391 bits per heavy atom. The standard InChI is InChI=1S/C40H16N4O2/c45-39-23-15-19-12-10-18-14-22-34-24(40(46)44-28-8-4-2-6-26(28)42-38(22)44)16-20-11-9-17-13-21(37-41-25-5-1-3-7-27(25)43(37)39)33(23)35-29(17)32(20)36(34)30(18)31(19)35/h1-16H. The molecule has 0 aliphatic rings. The lowest BCUT2D eigenvalue weighted by molar-refractivity contribution is 1.19. The van der Waals surface area contributed by atoms with Crippen molar-refractivity contribution in [1.29, 1.82) is 0 Å². The van der Waals surface area contributed by atoms with Crippen molar-refractivity contribution in [3.8, 4) is 0 Å². The van der Waals surface area contributed by atoms with Crippen LogP contribution < -0.4 is 11.1 Å². The van der Waals surface area contributed by atoms with Crippen molar-refractivity contribution in [2.45, 2.75) is 0 Å². The average Bonchev–Trinajstić information content (AvgIpc) is 3.68. The molecule has 0 N–H and O–H groups in total. The van der Waals surface area contributed by atoms with E-state index in [0.29, 0.717) is 22.1 Å². The normalized spacial score (nSPS) is 13.4. The first-order chi connectivity index (χ1) is 22.7. The molecule has 6 heteroatoms. The Bertz CT molecular complexity index is 3370. The molecular formula is C40H16N4O2. The topological polar surface area (TPSA) is 68.7 Å². The minimum Gasteiger partial charge on any atom is -0.268 e. The quantitative estimate of drug-likeness (QED) is 0.133. The van der Waals surface area contributed by atoms with Crippen LogP contribution in [0.3, 0.4) is 0 Å². The molecule has 0 aliphatic carbocycles. The summed E-state index contributed by atoms with van der Waals surface area (Å²) in [6, 6.07) is 32.9. The van der Waals surface area contributed by atoms with E-state index in [-0.39, 0.29) is 11.1 Å². The van der Waals surface area contributed by atoms with Crippen molar-refractivity contribution in [1.82, 2.24) is 18.8 Å². The van der Waals surface area contributed by atoms with Gasteiger partial charge in [0.25, 0.3) is 11.1 Å². The monoisotopic (exact) mass is 584 g/mol. The molecule has 0 spiro atoms. The summed E-state index contributed by atoms with van der Waals surface area (Å²) in [5.41, 5.74) is 4.53. The fourth-order valence-corrected chi connectivity index (χ4v) is 9.07. The lowest BCUT2D eigenvalue weighted by Crippen LogP contribution is -2.14. The first kappa shape index (κ1) is 22.2. The van der Waals surface area contributed by atoms with E-state index in [2.05, 4.69) is 48.5 Å². The molecule has 208 valence electrons. The predicted molar refractivity (Wildman–Crippen MR) is 187 cm³/mol. The van der Waals surface area contributed by atoms with E-state index >= 15 is 0 Å². The zero-order chi connectivity index (χ0) is 29.7. The van der Waals surface area contributed by atoms with Crippen LogP contribution in [-0.4, -0.2) is 18.8 Å². The van der Waals surface area contributed by atoms with E-state index in [0.717, 1.165) is 97.5 Å². The number of nitrogens with zero attached hydrogens (tertiary/aromatic N) is 4. The highest BCUT2D eigenvalue weighted by Crippen LogP contribution is 2.52. The van der Waals surface area contributed by atoms with Crippen molar-refractivity contribution >= 4 is 120 Å². The van der Waals surface area contributed by atoms with Gasteiger partial charge in [0.05, 0.1) is 22.1 Å². The van der Waals surface area contributed by atoms with Gasteiger partial charge >= 0.3 is 0 Å². The first-order valence-corrected chi connectivity index (χ1v) is 15.4. The van der Waals surface area contributed by atoms with Gasteiger partial charge in [-0.2, -0.15) is 0 Å². The first-order valence-electron chi connectivity index (χ1n) is 15.4. The molecule has 46 heavy (non-hydrogen) atoms. The van der Waals surface area contributed by atoms with E-state index in [4.69, 9.17) is 9.97 Å². The summed E-state index contributed by atoms with van der Waals surface area (Å²) in [4.78, 5) is 38.8. The smallest absolute Gasteiger partial charge is 0.264 e. The van der Waals surface area contributed by atoms with Gasteiger partial charge in [0.2, 0.25) is 0 Å². The van der Waals surface area contributed by atoms with Gasteiger partial charge in [0.1, 0.15) is 11.3 Å². The van der Waals surface area contributed by atoms with Crippen LogP contribution >= 0.6 is 0 Å². The second-order valence-corrected chi connectivity index (χ2v) is 12.8. The largest absolute Gasteiger partial charge is 0.268 e. The zero-order valence-corrected chi connectivity index (χ0v) is 23.8. The number of benzene rings is 9. The Morgan fingerprint density at radius 3 is 1.17 bits per heavy atom. The molecule has 0 aliphatic heterocycles. The third-order valence-electron chi connectivity index (χ3n) is 10.8. The van der Waals surface area contributed by atoms with Crippen LogP contribution in [0.25, 0.3) is 120 Å². The molecule has 13 rings (SSSR count). The molecule has 0 fully saturated rings. The summed E-state index contributed by atoms with van der Waals surface area (Å²) < 4.78 is 3.56. The number of aromatic nitrogens is 4. The summed E-state index contributed by atoms with van der Waals surface area (Å²) in [6.45, 7) is 0. The molecule has 0 unspecified atom stereocenters. The third kappa shape index (κ3) is 2.13. The van der Waals surface area contributed by atoms with Crippen molar-refractivity contribution in [2.24, 2.45) is 0 Å². The Balaban J connectivity index is 1.40. The SMILES string of the molecule is O=c1c2cc3ccc4cc5c6c(cc7ccc8cc(c2c2c3c4c6c7c82)c2nc3ccccc3n12)c(=O)n1c2ccccc2nc51. The van der Waals surface area contributed by atoms with Crippen LogP contribution in [0, 0.1) is 0 Å². The molecule has 4 heterocycles. The molecule has 0 bridgehead atoms. The highest BCUT2D eigenvalue weighted by molar-refractivity contribution is 6.50. The molecule has 0 atom stereocenters.